The number of pyridine rings is 1. The summed E-state index contributed by atoms with van der Waals surface area (Å²) in [7, 11) is 0. The molecule has 0 radical (unpaired) electrons. The van der Waals surface area contributed by atoms with Crippen molar-refractivity contribution in [2.24, 2.45) is 0 Å². The van der Waals surface area contributed by atoms with Crippen LogP contribution in [-0.4, -0.2) is 9.91 Å². The number of aromatic nitrogens is 1. The van der Waals surface area contributed by atoms with Gasteiger partial charge in [0.1, 0.15) is 0 Å². The van der Waals surface area contributed by atoms with Gasteiger partial charge in [-0.2, -0.15) is 0 Å². The summed E-state index contributed by atoms with van der Waals surface area (Å²) >= 11 is 2.92. The number of rotatable bonds is 3. The maximum atomic E-state index is 12.3. The van der Waals surface area contributed by atoms with E-state index in [2.05, 4.69) is 20.9 Å². The molecule has 15 heavy (non-hydrogen) atoms. The highest BCUT2D eigenvalue weighted by Crippen LogP contribution is 2.24. The maximum absolute atomic E-state index is 12.3. The second-order valence-electron chi connectivity index (χ2n) is 2.60. The fraction of sp³-hybridized carbons (Fsp3) is 0.286. The van der Waals surface area contributed by atoms with Crippen molar-refractivity contribution in [2.75, 3.05) is 0 Å². The number of hydrogen-bond acceptors (Lipinski definition) is 3. The van der Waals surface area contributed by atoms with E-state index in [9.17, 15) is 23.7 Å². The average molecular weight is 283 g/mol. The molecule has 5 nitrogen and oxygen atoms in total. The standard InChI is InChI=1S/C7H5BrF2N2O3/c8-1-3-2-11-4(7(9)10)5(6(3)13)12(14)15/h2,7H,1H2,(H,11,13). The number of hydrogen-bond donors (Lipinski definition) is 1. The predicted molar refractivity (Wildman–Crippen MR) is 51.3 cm³/mol. The fourth-order valence-electron chi connectivity index (χ4n) is 1.02. The maximum Gasteiger partial charge on any atom is 0.341 e. The molecule has 0 aliphatic heterocycles. The monoisotopic (exact) mass is 282 g/mol. The summed E-state index contributed by atoms with van der Waals surface area (Å²) in [6.45, 7) is 0. The van der Waals surface area contributed by atoms with Crippen molar-refractivity contribution in [3.05, 3.63) is 37.8 Å². The first kappa shape index (κ1) is 11.8. The van der Waals surface area contributed by atoms with Crippen molar-refractivity contribution >= 4 is 21.6 Å². The summed E-state index contributed by atoms with van der Waals surface area (Å²) in [5.41, 5.74) is -3.02. The molecule has 1 aromatic rings. The summed E-state index contributed by atoms with van der Waals surface area (Å²) in [5, 5.41) is 10.5. The Morgan fingerprint density at radius 1 is 1.60 bits per heavy atom. The van der Waals surface area contributed by atoms with Gasteiger partial charge in [0.15, 0.2) is 5.69 Å². The van der Waals surface area contributed by atoms with Gasteiger partial charge >= 0.3 is 5.69 Å². The summed E-state index contributed by atoms with van der Waals surface area (Å²) in [4.78, 5) is 22.7. The number of alkyl halides is 3. The molecule has 82 valence electrons. The van der Waals surface area contributed by atoms with E-state index in [-0.39, 0.29) is 10.9 Å². The molecule has 1 rings (SSSR count). The molecule has 0 unspecified atom stereocenters. The molecule has 0 spiro atoms. The molecule has 8 heteroatoms. The zero-order chi connectivity index (χ0) is 11.6. The number of H-pyrrole nitrogens is 1. The smallest absolute Gasteiger partial charge is 0.341 e. The van der Waals surface area contributed by atoms with Gasteiger partial charge in [-0.15, -0.1) is 0 Å². The van der Waals surface area contributed by atoms with Gasteiger partial charge in [0.05, 0.1) is 4.92 Å². The summed E-state index contributed by atoms with van der Waals surface area (Å²) in [6, 6.07) is 0. The van der Waals surface area contributed by atoms with Gasteiger partial charge in [-0.05, 0) is 0 Å². The fourth-order valence-corrected chi connectivity index (χ4v) is 1.44. The van der Waals surface area contributed by atoms with E-state index >= 15 is 0 Å². The predicted octanol–water partition coefficient (Wildman–Crippen LogP) is 2.12. The lowest BCUT2D eigenvalue weighted by atomic mass is 10.2. The molecule has 1 aromatic heterocycles. The van der Waals surface area contributed by atoms with Crippen LogP contribution in [0, 0.1) is 10.1 Å². The van der Waals surface area contributed by atoms with Crippen molar-refractivity contribution in [3.8, 4) is 0 Å². The van der Waals surface area contributed by atoms with Crippen LogP contribution in [0.4, 0.5) is 14.5 Å². The Hall–Kier alpha value is -1.31. The highest BCUT2D eigenvalue weighted by molar-refractivity contribution is 9.08. The van der Waals surface area contributed by atoms with E-state index < -0.39 is 28.2 Å². The molecule has 0 fully saturated rings. The lowest BCUT2D eigenvalue weighted by molar-refractivity contribution is -0.387. The Morgan fingerprint density at radius 3 is 2.60 bits per heavy atom. The van der Waals surface area contributed by atoms with Gasteiger partial charge in [-0.3, -0.25) is 14.9 Å². The van der Waals surface area contributed by atoms with E-state index in [0.717, 1.165) is 6.20 Å². The van der Waals surface area contributed by atoms with Gasteiger partial charge in [0, 0.05) is 17.1 Å². The molecular weight excluding hydrogens is 278 g/mol. The van der Waals surface area contributed by atoms with Crippen molar-refractivity contribution < 1.29 is 13.7 Å². The second kappa shape index (κ2) is 4.47. The minimum atomic E-state index is -3.08. The minimum absolute atomic E-state index is 0.0334. The number of halogens is 3. The molecule has 0 saturated carbocycles. The lowest BCUT2D eigenvalue weighted by Gasteiger charge is -2.02. The summed E-state index contributed by atoms with van der Waals surface area (Å²) in [5.74, 6) is 0. The van der Waals surface area contributed by atoms with Crippen molar-refractivity contribution in [2.45, 2.75) is 11.8 Å². The van der Waals surface area contributed by atoms with E-state index in [1.807, 2.05) is 0 Å². The van der Waals surface area contributed by atoms with Crippen LogP contribution in [0.2, 0.25) is 0 Å². The summed E-state index contributed by atoms with van der Waals surface area (Å²) in [6.07, 6.45) is -2.05. The average Bonchev–Trinajstić information content (AvgIpc) is 2.16. The molecule has 0 bridgehead atoms. The Bertz CT molecular complexity index is 446. The van der Waals surface area contributed by atoms with Crippen molar-refractivity contribution in [1.82, 2.24) is 4.98 Å². The van der Waals surface area contributed by atoms with Crippen LogP contribution in [0.25, 0.3) is 0 Å². The number of nitrogens with one attached hydrogen (secondary N) is 1. The van der Waals surface area contributed by atoms with Crippen LogP contribution in [0.5, 0.6) is 0 Å². The minimum Gasteiger partial charge on any atom is -0.354 e. The molecule has 0 aliphatic carbocycles. The molecule has 0 atom stereocenters. The van der Waals surface area contributed by atoms with Crippen LogP contribution in [0.1, 0.15) is 17.7 Å². The van der Waals surface area contributed by atoms with E-state index in [4.69, 9.17) is 0 Å². The van der Waals surface area contributed by atoms with E-state index in [1.165, 1.54) is 0 Å². The SMILES string of the molecule is O=c1c(CBr)c[nH]c(C(F)F)c1[N+](=O)[O-]. The molecule has 0 amide bonds. The molecule has 0 aliphatic rings. The Balaban J connectivity index is 3.52. The first-order valence-electron chi connectivity index (χ1n) is 3.72. The number of nitrogens with zero attached hydrogens (tertiary/aromatic N) is 1. The van der Waals surface area contributed by atoms with Crippen molar-refractivity contribution in [1.29, 1.82) is 0 Å². The van der Waals surface area contributed by atoms with E-state index in [0.29, 0.717) is 0 Å². The Kier molecular flexibility index (Phi) is 3.51. The third-order valence-corrected chi connectivity index (χ3v) is 2.31. The van der Waals surface area contributed by atoms with E-state index in [1.54, 1.807) is 0 Å². The summed E-state index contributed by atoms with van der Waals surface area (Å²) < 4.78 is 24.6. The molecule has 1 N–H and O–H groups in total. The van der Waals surface area contributed by atoms with Gasteiger partial charge in [0.2, 0.25) is 0 Å². The topological polar surface area (TPSA) is 76.0 Å². The van der Waals surface area contributed by atoms with Crippen LogP contribution in [-0.2, 0) is 5.33 Å². The molecule has 0 saturated heterocycles. The lowest BCUT2D eigenvalue weighted by Crippen LogP contribution is -2.16. The van der Waals surface area contributed by atoms with Crippen LogP contribution in [0.15, 0.2) is 11.0 Å². The largest absolute Gasteiger partial charge is 0.354 e. The first-order chi connectivity index (χ1) is 6.99. The quantitative estimate of drug-likeness (QED) is 0.524. The molecular formula is C7H5BrF2N2O3. The number of aromatic amines is 1. The van der Waals surface area contributed by atoms with Gasteiger partial charge in [0.25, 0.3) is 11.9 Å². The van der Waals surface area contributed by atoms with Gasteiger partial charge in [-0.25, -0.2) is 8.78 Å². The Labute approximate surface area is 90.4 Å². The highest BCUT2D eigenvalue weighted by atomic mass is 79.9. The Morgan fingerprint density at radius 2 is 2.20 bits per heavy atom. The van der Waals surface area contributed by atoms with Gasteiger partial charge < -0.3 is 4.98 Å². The van der Waals surface area contributed by atoms with Crippen LogP contribution in [0.3, 0.4) is 0 Å². The van der Waals surface area contributed by atoms with Crippen LogP contribution >= 0.6 is 15.9 Å². The second-order valence-corrected chi connectivity index (χ2v) is 3.16. The van der Waals surface area contributed by atoms with Crippen molar-refractivity contribution in [3.63, 3.8) is 0 Å². The third-order valence-electron chi connectivity index (χ3n) is 1.71. The molecule has 1 heterocycles. The first-order valence-corrected chi connectivity index (χ1v) is 4.84. The zero-order valence-corrected chi connectivity index (χ0v) is 8.75. The van der Waals surface area contributed by atoms with Crippen LogP contribution < -0.4 is 5.43 Å². The third kappa shape index (κ3) is 2.20. The highest BCUT2D eigenvalue weighted by Gasteiger charge is 2.27. The normalized spacial score (nSPS) is 10.7. The number of nitro groups is 1. The van der Waals surface area contributed by atoms with Gasteiger partial charge in [-0.1, -0.05) is 15.9 Å². The zero-order valence-electron chi connectivity index (χ0n) is 7.17. The molecule has 0 aromatic carbocycles.